The number of rotatable bonds is 6. The minimum atomic E-state index is 0.613. The first-order valence-electron chi connectivity index (χ1n) is 11.4. The van der Waals surface area contributed by atoms with Crippen molar-refractivity contribution < 1.29 is 0 Å². The Morgan fingerprint density at radius 2 is 1.66 bits per heavy atom. The maximum absolute atomic E-state index is 9.91. The number of aryl methyl sites for hydroxylation is 1. The molecule has 0 atom stereocenters. The van der Waals surface area contributed by atoms with E-state index in [1.807, 2.05) is 72.4 Å². The SMILES string of the molecule is Cn1cncc1CN(Cc1cccc(C#N)c1)c1ccc(C#N)c(-c2cccc3ccccc23)c1. The van der Waals surface area contributed by atoms with E-state index in [2.05, 4.69) is 52.4 Å². The second kappa shape index (κ2) is 9.55. The zero-order valence-electron chi connectivity index (χ0n) is 19.4. The highest BCUT2D eigenvalue weighted by atomic mass is 15.2. The van der Waals surface area contributed by atoms with Crippen molar-refractivity contribution in [3.63, 3.8) is 0 Å². The minimum Gasteiger partial charge on any atom is -0.361 e. The molecule has 0 unspecified atom stereocenters. The van der Waals surface area contributed by atoms with Crippen molar-refractivity contribution in [1.29, 1.82) is 10.5 Å². The lowest BCUT2D eigenvalue weighted by Gasteiger charge is -2.26. The lowest BCUT2D eigenvalue weighted by atomic mass is 9.94. The number of hydrogen-bond donors (Lipinski definition) is 0. The molecule has 5 rings (SSSR count). The van der Waals surface area contributed by atoms with Gasteiger partial charge in [-0.2, -0.15) is 10.5 Å². The van der Waals surface area contributed by atoms with Crippen LogP contribution >= 0.6 is 0 Å². The fraction of sp³-hybridized carbons (Fsp3) is 0.100. The van der Waals surface area contributed by atoms with Crippen LogP contribution in [0.15, 0.2) is 97.5 Å². The first-order valence-corrected chi connectivity index (χ1v) is 11.4. The third-order valence-electron chi connectivity index (χ3n) is 6.27. The molecular formula is C30H23N5. The number of imidazole rings is 1. The van der Waals surface area contributed by atoms with Gasteiger partial charge in [0.15, 0.2) is 0 Å². The van der Waals surface area contributed by atoms with Crippen molar-refractivity contribution in [3.8, 4) is 23.3 Å². The molecule has 35 heavy (non-hydrogen) atoms. The van der Waals surface area contributed by atoms with Crippen LogP contribution in [0.2, 0.25) is 0 Å². The molecule has 0 amide bonds. The number of anilines is 1. The van der Waals surface area contributed by atoms with Gasteiger partial charge in [-0.15, -0.1) is 0 Å². The van der Waals surface area contributed by atoms with E-state index in [1.54, 1.807) is 6.33 Å². The van der Waals surface area contributed by atoms with Crippen molar-refractivity contribution in [1.82, 2.24) is 9.55 Å². The maximum Gasteiger partial charge on any atom is 0.0998 e. The first-order chi connectivity index (χ1) is 17.2. The van der Waals surface area contributed by atoms with Gasteiger partial charge in [0, 0.05) is 31.0 Å². The van der Waals surface area contributed by atoms with Gasteiger partial charge in [0.1, 0.15) is 0 Å². The van der Waals surface area contributed by atoms with Gasteiger partial charge < -0.3 is 9.47 Å². The van der Waals surface area contributed by atoms with Crippen molar-refractivity contribution in [2.45, 2.75) is 13.1 Å². The predicted molar refractivity (Wildman–Crippen MR) is 138 cm³/mol. The van der Waals surface area contributed by atoms with Gasteiger partial charge in [-0.3, -0.25) is 0 Å². The zero-order valence-corrected chi connectivity index (χ0v) is 19.4. The Morgan fingerprint density at radius 1 is 0.829 bits per heavy atom. The van der Waals surface area contributed by atoms with Crippen molar-refractivity contribution in [3.05, 3.63) is 120 Å². The molecule has 1 heterocycles. The molecule has 0 aliphatic rings. The number of nitrogens with zero attached hydrogens (tertiary/aromatic N) is 5. The molecule has 1 aromatic heterocycles. The van der Waals surface area contributed by atoms with Gasteiger partial charge in [0.25, 0.3) is 0 Å². The van der Waals surface area contributed by atoms with Gasteiger partial charge >= 0.3 is 0 Å². The minimum absolute atomic E-state index is 0.613. The Hall–Kier alpha value is -4.87. The molecule has 0 fully saturated rings. The summed E-state index contributed by atoms with van der Waals surface area (Å²) in [7, 11) is 1.98. The van der Waals surface area contributed by atoms with Gasteiger partial charge in [-0.1, -0.05) is 54.6 Å². The second-order valence-corrected chi connectivity index (χ2v) is 8.53. The van der Waals surface area contributed by atoms with Crippen LogP contribution in [0.25, 0.3) is 21.9 Å². The Labute approximate surface area is 204 Å². The largest absolute Gasteiger partial charge is 0.361 e. The lowest BCUT2D eigenvalue weighted by Crippen LogP contribution is -2.23. The van der Waals surface area contributed by atoms with Crippen LogP contribution in [-0.2, 0) is 20.1 Å². The quantitative estimate of drug-likeness (QED) is 0.307. The molecule has 5 aromatic rings. The molecule has 0 saturated heterocycles. The smallest absolute Gasteiger partial charge is 0.0998 e. The van der Waals surface area contributed by atoms with E-state index in [4.69, 9.17) is 0 Å². The van der Waals surface area contributed by atoms with E-state index in [-0.39, 0.29) is 0 Å². The van der Waals surface area contributed by atoms with Crippen LogP contribution in [0.3, 0.4) is 0 Å². The summed E-state index contributed by atoms with van der Waals surface area (Å²) in [6.07, 6.45) is 3.66. The van der Waals surface area contributed by atoms with E-state index >= 15 is 0 Å². The summed E-state index contributed by atoms with van der Waals surface area (Å²) in [4.78, 5) is 6.53. The molecule has 0 aliphatic heterocycles. The van der Waals surface area contributed by atoms with E-state index in [0.717, 1.165) is 38.8 Å². The zero-order chi connectivity index (χ0) is 24.2. The molecule has 0 bridgehead atoms. The van der Waals surface area contributed by atoms with Crippen LogP contribution in [-0.4, -0.2) is 9.55 Å². The van der Waals surface area contributed by atoms with Crippen LogP contribution < -0.4 is 4.90 Å². The fourth-order valence-corrected chi connectivity index (χ4v) is 4.44. The average molecular weight is 454 g/mol. The van der Waals surface area contributed by atoms with E-state index in [1.165, 1.54) is 0 Å². The molecule has 168 valence electrons. The highest BCUT2D eigenvalue weighted by Crippen LogP contribution is 2.34. The number of hydrogen-bond acceptors (Lipinski definition) is 4. The Morgan fingerprint density at radius 3 is 2.46 bits per heavy atom. The summed E-state index contributed by atoms with van der Waals surface area (Å²) in [6, 6.07) is 32.7. The number of benzene rings is 4. The summed E-state index contributed by atoms with van der Waals surface area (Å²) in [5.41, 5.74) is 6.32. The maximum atomic E-state index is 9.91. The van der Waals surface area contributed by atoms with Crippen molar-refractivity contribution >= 4 is 16.5 Å². The molecule has 0 radical (unpaired) electrons. The average Bonchev–Trinajstić information content (AvgIpc) is 3.31. The second-order valence-electron chi connectivity index (χ2n) is 8.53. The normalized spacial score (nSPS) is 10.6. The Bertz CT molecular complexity index is 1590. The topological polar surface area (TPSA) is 68.6 Å². The van der Waals surface area contributed by atoms with E-state index < -0.39 is 0 Å². The van der Waals surface area contributed by atoms with Crippen molar-refractivity contribution in [2.75, 3.05) is 4.90 Å². The third kappa shape index (κ3) is 4.49. The highest BCUT2D eigenvalue weighted by molar-refractivity contribution is 5.98. The van der Waals surface area contributed by atoms with Gasteiger partial charge in [-0.25, -0.2) is 4.98 Å². The van der Waals surface area contributed by atoms with Crippen molar-refractivity contribution in [2.24, 2.45) is 7.05 Å². The summed E-state index contributed by atoms with van der Waals surface area (Å²) in [5.74, 6) is 0. The number of nitriles is 2. The molecular weight excluding hydrogens is 430 g/mol. The molecule has 0 N–H and O–H groups in total. The lowest BCUT2D eigenvalue weighted by molar-refractivity contribution is 0.736. The van der Waals surface area contributed by atoms with Gasteiger partial charge in [-0.05, 0) is 52.2 Å². The van der Waals surface area contributed by atoms with Crippen LogP contribution in [0.4, 0.5) is 5.69 Å². The third-order valence-corrected chi connectivity index (χ3v) is 6.27. The summed E-state index contributed by atoms with van der Waals surface area (Å²) < 4.78 is 2.01. The molecule has 0 saturated carbocycles. The van der Waals surface area contributed by atoms with Crippen LogP contribution in [0, 0.1) is 22.7 Å². The monoisotopic (exact) mass is 453 g/mol. The number of aromatic nitrogens is 2. The van der Waals surface area contributed by atoms with Crippen LogP contribution in [0.5, 0.6) is 0 Å². The summed E-state index contributed by atoms with van der Waals surface area (Å²) in [5, 5.41) is 21.5. The van der Waals surface area contributed by atoms with Gasteiger partial charge in [0.2, 0.25) is 0 Å². The first kappa shape index (κ1) is 21.9. The highest BCUT2D eigenvalue weighted by Gasteiger charge is 2.15. The Kier molecular flexibility index (Phi) is 5.99. The van der Waals surface area contributed by atoms with Gasteiger partial charge in [0.05, 0.1) is 41.8 Å². The molecule has 0 aliphatic carbocycles. The number of fused-ring (bicyclic) bond motifs is 1. The summed E-state index contributed by atoms with van der Waals surface area (Å²) >= 11 is 0. The fourth-order valence-electron chi connectivity index (χ4n) is 4.44. The Balaban J connectivity index is 1.62. The molecule has 5 heteroatoms. The van der Waals surface area contributed by atoms with Crippen LogP contribution in [0.1, 0.15) is 22.4 Å². The van der Waals surface area contributed by atoms with E-state index in [9.17, 15) is 10.5 Å². The predicted octanol–water partition coefficient (Wildman–Crippen LogP) is 6.19. The van der Waals surface area contributed by atoms with E-state index in [0.29, 0.717) is 24.2 Å². The molecule has 4 aromatic carbocycles. The summed E-state index contributed by atoms with van der Waals surface area (Å²) in [6.45, 7) is 1.25. The molecule has 0 spiro atoms. The standard InChI is InChI=1S/C30H23N5/c1-34-21-33-18-27(34)20-35(19-23-7-4-6-22(14-23)16-31)26-13-12-25(17-32)30(15-26)29-11-5-9-24-8-2-3-10-28(24)29/h2-15,18,21H,19-20H2,1H3. The molecule has 5 nitrogen and oxygen atoms in total.